The lowest BCUT2D eigenvalue weighted by molar-refractivity contribution is 0.117. The molecule has 2 aliphatic rings. The Hall–Kier alpha value is -0.0800. The number of likely N-dealkylation sites (N-methyl/N-ethyl adjacent to an activating group) is 1. The fourth-order valence-electron chi connectivity index (χ4n) is 3.43. The minimum atomic E-state index is 0.761. The summed E-state index contributed by atoms with van der Waals surface area (Å²) in [5.41, 5.74) is 0. The normalized spacial score (nSPS) is 38.4. The molecule has 15 heavy (non-hydrogen) atoms. The van der Waals surface area contributed by atoms with Crippen LogP contribution >= 0.6 is 0 Å². The molecule has 1 saturated carbocycles. The van der Waals surface area contributed by atoms with Crippen LogP contribution in [0.1, 0.15) is 46.0 Å². The van der Waals surface area contributed by atoms with Crippen molar-refractivity contribution >= 4 is 0 Å². The third kappa shape index (κ3) is 2.73. The summed E-state index contributed by atoms with van der Waals surface area (Å²) in [6, 6.07) is 1.66. The molecule has 0 amide bonds. The van der Waals surface area contributed by atoms with E-state index >= 15 is 0 Å². The van der Waals surface area contributed by atoms with E-state index in [1.54, 1.807) is 0 Å². The molecule has 0 aromatic heterocycles. The zero-order chi connectivity index (χ0) is 10.7. The lowest BCUT2D eigenvalue weighted by Gasteiger charge is -2.38. The van der Waals surface area contributed by atoms with Gasteiger partial charge in [-0.1, -0.05) is 20.3 Å². The highest BCUT2D eigenvalue weighted by Gasteiger charge is 2.31. The smallest absolute Gasteiger partial charge is 0.0195 e. The molecule has 3 atom stereocenters. The van der Waals surface area contributed by atoms with Gasteiger partial charge in [-0.15, -0.1) is 0 Å². The number of rotatable bonds is 3. The molecule has 1 aliphatic heterocycles. The van der Waals surface area contributed by atoms with Crippen molar-refractivity contribution in [3.8, 4) is 0 Å². The third-order valence-corrected chi connectivity index (χ3v) is 4.23. The monoisotopic (exact) mass is 210 g/mol. The number of piperidine rings is 1. The van der Waals surface area contributed by atoms with Gasteiger partial charge in [0, 0.05) is 18.6 Å². The highest BCUT2D eigenvalue weighted by atomic mass is 15.2. The molecule has 1 heterocycles. The van der Waals surface area contributed by atoms with Gasteiger partial charge in [0.15, 0.2) is 0 Å². The topological polar surface area (TPSA) is 15.3 Å². The quantitative estimate of drug-likeness (QED) is 0.768. The SMILES string of the molecule is CCNC1CCCN(C2CCCC2C)C1. The van der Waals surface area contributed by atoms with Crippen LogP contribution < -0.4 is 5.32 Å². The molecular formula is C13H26N2. The lowest BCUT2D eigenvalue weighted by atomic mass is 9.99. The molecule has 0 aromatic rings. The first kappa shape index (κ1) is 11.4. The number of hydrogen-bond acceptors (Lipinski definition) is 2. The molecule has 2 fully saturated rings. The van der Waals surface area contributed by atoms with E-state index in [9.17, 15) is 0 Å². The maximum absolute atomic E-state index is 3.61. The van der Waals surface area contributed by atoms with Crippen LogP contribution in [0.2, 0.25) is 0 Å². The predicted molar refractivity (Wildman–Crippen MR) is 65.1 cm³/mol. The minimum Gasteiger partial charge on any atom is -0.313 e. The van der Waals surface area contributed by atoms with E-state index in [-0.39, 0.29) is 0 Å². The Balaban J connectivity index is 1.86. The van der Waals surface area contributed by atoms with Crippen LogP contribution in [0.3, 0.4) is 0 Å². The summed E-state index contributed by atoms with van der Waals surface area (Å²) in [7, 11) is 0. The molecule has 1 saturated heterocycles. The van der Waals surface area contributed by atoms with Crippen molar-refractivity contribution in [2.24, 2.45) is 5.92 Å². The average Bonchev–Trinajstić information content (AvgIpc) is 2.65. The number of nitrogens with one attached hydrogen (secondary N) is 1. The van der Waals surface area contributed by atoms with Crippen molar-refractivity contribution in [3.63, 3.8) is 0 Å². The Labute approximate surface area is 94.4 Å². The summed E-state index contributed by atoms with van der Waals surface area (Å²) >= 11 is 0. The molecular weight excluding hydrogens is 184 g/mol. The summed E-state index contributed by atoms with van der Waals surface area (Å²) in [6.07, 6.45) is 7.12. The van der Waals surface area contributed by atoms with Crippen molar-refractivity contribution < 1.29 is 0 Å². The van der Waals surface area contributed by atoms with Gasteiger partial charge >= 0.3 is 0 Å². The van der Waals surface area contributed by atoms with Gasteiger partial charge in [-0.25, -0.2) is 0 Å². The first-order valence-electron chi connectivity index (χ1n) is 6.78. The molecule has 2 nitrogen and oxygen atoms in total. The number of hydrogen-bond donors (Lipinski definition) is 1. The molecule has 0 aromatic carbocycles. The van der Waals surface area contributed by atoms with Gasteiger partial charge in [0.2, 0.25) is 0 Å². The minimum absolute atomic E-state index is 0.761. The summed E-state index contributed by atoms with van der Waals surface area (Å²) < 4.78 is 0. The second-order valence-electron chi connectivity index (χ2n) is 5.37. The molecule has 0 spiro atoms. The van der Waals surface area contributed by atoms with Gasteiger partial charge in [0.05, 0.1) is 0 Å². The largest absolute Gasteiger partial charge is 0.313 e. The maximum atomic E-state index is 3.61. The number of likely N-dealkylation sites (tertiary alicyclic amines) is 1. The predicted octanol–water partition coefficient (Wildman–Crippen LogP) is 2.25. The molecule has 1 N–H and O–H groups in total. The van der Waals surface area contributed by atoms with Gasteiger partial charge in [-0.05, 0) is 44.7 Å². The standard InChI is InChI=1S/C13H26N2/c1-3-14-12-7-5-9-15(10-12)13-8-4-6-11(13)2/h11-14H,3-10H2,1-2H3. The molecule has 3 unspecified atom stereocenters. The average molecular weight is 210 g/mol. The van der Waals surface area contributed by atoms with E-state index in [1.165, 1.54) is 45.2 Å². The van der Waals surface area contributed by atoms with E-state index in [0.29, 0.717) is 0 Å². The molecule has 2 rings (SSSR count). The van der Waals surface area contributed by atoms with Crippen LogP contribution in [-0.2, 0) is 0 Å². The fourth-order valence-corrected chi connectivity index (χ4v) is 3.43. The van der Waals surface area contributed by atoms with E-state index in [2.05, 4.69) is 24.1 Å². The second kappa shape index (κ2) is 5.31. The Morgan fingerprint density at radius 2 is 2.07 bits per heavy atom. The molecule has 0 radical (unpaired) electrons. The van der Waals surface area contributed by atoms with Crippen LogP contribution in [0.5, 0.6) is 0 Å². The van der Waals surface area contributed by atoms with Gasteiger partial charge in [-0.3, -0.25) is 4.90 Å². The van der Waals surface area contributed by atoms with Crippen LogP contribution in [-0.4, -0.2) is 36.6 Å². The molecule has 0 bridgehead atoms. The Morgan fingerprint density at radius 1 is 1.20 bits per heavy atom. The lowest BCUT2D eigenvalue weighted by Crippen LogP contribution is -2.50. The van der Waals surface area contributed by atoms with Crippen LogP contribution in [0.4, 0.5) is 0 Å². The van der Waals surface area contributed by atoms with Gasteiger partial charge in [-0.2, -0.15) is 0 Å². The van der Waals surface area contributed by atoms with Crippen molar-refractivity contribution in [2.45, 2.75) is 58.0 Å². The van der Waals surface area contributed by atoms with Gasteiger partial charge in [0.1, 0.15) is 0 Å². The summed E-state index contributed by atoms with van der Waals surface area (Å²) in [4.78, 5) is 2.76. The first-order valence-corrected chi connectivity index (χ1v) is 6.78. The number of nitrogens with zero attached hydrogens (tertiary/aromatic N) is 1. The van der Waals surface area contributed by atoms with E-state index in [4.69, 9.17) is 0 Å². The Bertz CT molecular complexity index is 191. The van der Waals surface area contributed by atoms with E-state index < -0.39 is 0 Å². The highest BCUT2D eigenvalue weighted by Crippen LogP contribution is 2.31. The zero-order valence-corrected chi connectivity index (χ0v) is 10.3. The van der Waals surface area contributed by atoms with Gasteiger partial charge < -0.3 is 5.32 Å². The van der Waals surface area contributed by atoms with Crippen LogP contribution in [0.25, 0.3) is 0 Å². The second-order valence-corrected chi connectivity index (χ2v) is 5.37. The summed E-state index contributed by atoms with van der Waals surface area (Å²) in [6.45, 7) is 8.42. The van der Waals surface area contributed by atoms with E-state index in [1.807, 2.05) is 0 Å². The van der Waals surface area contributed by atoms with Gasteiger partial charge in [0.25, 0.3) is 0 Å². The zero-order valence-electron chi connectivity index (χ0n) is 10.3. The Morgan fingerprint density at radius 3 is 2.73 bits per heavy atom. The van der Waals surface area contributed by atoms with Crippen LogP contribution in [0.15, 0.2) is 0 Å². The molecule has 1 aliphatic carbocycles. The summed E-state index contributed by atoms with van der Waals surface area (Å²) in [5, 5.41) is 3.61. The Kier molecular flexibility index (Phi) is 4.04. The fraction of sp³-hybridized carbons (Fsp3) is 1.00. The van der Waals surface area contributed by atoms with Crippen LogP contribution in [0, 0.1) is 5.92 Å². The first-order chi connectivity index (χ1) is 7.31. The highest BCUT2D eigenvalue weighted by molar-refractivity contribution is 4.88. The maximum Gasteiger partial charge on any atom is 0.0195 e. The van der Waals surface area contributed by atoms with Crippen molar-refractivity contribution in [1.82, 2.24) is 10.2 Å². The van der Waals surface area contributed by atoms with E-state index in [0.717, 1.165) is 24.5 Å². The molecule has 2 heteroatoms. The molecule has 88 valence electrons. The van der Waals surface area contributed by atoms with Crippen molar-refractivity contribution in [1.29, 1.82) is 0 Å². The van der Waals surface area contributed by atoms with Crippen molar-refractivity contribution in [3.05, 3.63) is 0 Å². The third-order valence-electron chi connectivity index (χ3n) is 4.23. The van der Waals surface area contributed by atoms with Crippen molar-refractivity contribution in [2.75, 3.05) is 19.6 Å². The summed E-state index contributed by atoms with van der Waals surface area (Å²) in [5.74, 6) is 0.936.